The van der Waals surface area contributed by atoms with Crippen LogP contribution in [0.1, 0.15) is 29.8 Å². The summed E-state index contributed by atoms with van der Waals surface area (Å²) in [7, 11) is 0. The summed E-state index contributed by atoms with van der Waals surface area (Å²) in [5, 5.41) is 0. The maximum absolute atomic E-state index is 12.6. The molecule has 2 fully saturated rings. The average Bonchev–Trinajstić information content (AvgIpc) is 3.01. The number of ether oxygens (including phenoxy) is 1. The van der Waals surface area contributed by atoms with Crippen molar-refractivity contribution in [3.63, 3.8) is 0 Å². The first-order valence-electron chi connectivity index (χ1n) is 7.19. The van der Waals surface area contributed by atoms with E-state index in [2.05, 4.69) is 9.88 Å². The van der Waals surface area contributed by atoms with Gasteiger partial charge in [0.05, 0.1) is 13.0 Å². The van der Waals surface area contributed by atoms with E-state index in [0.717, 1.165) is 53.5 Å². The van der Waals surface area contributed by atoms with Crippen molar-refractivity contribution in [3.05, 3.63) is 14.5 Å². The number of carbonyl (C=O) groups excluding carboxylic acids is 1. The second kappa shape index (κ2) is 5.95. The van der Waals surface area contributed by atoms with E-state index in [0.29, 0.717) is 18.4 Å². The molecular weight excluding hydrogens is 292 g/mol. The van der Waals surface area contributed by atoms with Crippen LogP contribution in [-0.4, -0.2) is 41.6 Å². The van der Waals surface area contributed by atoms with Crippen molar-refractivity contribution in [2.45, 2.75) is 38.6 Å². The van der Waals surface area contributed by atoms with Gasteiger partial charge in [0.25, 0.3) is 0 Å². The van der Waals surface area contributed by atoms with Gasteiger partial charge in [0, 0.05) is 35.7 Å². The number of aromatic nitrogens is 1. The van der Waals surface area contributed by atoms with Gasteiger partial charge in [0.2, 0.25) is 5.91 Å². The Morgan fingerprint density at radius 1 is 1.50 bits per heavy atom. The summed E-state index contributed by atoms with van der Waals surface area (Å²) in [6.45, 7) is 4.49. The van der Waals surface area contributed by atoms with Crippen molar-refractivity contribution in [1.82, 2.24) is 9.88 Å². The third-order valence-electron chi connectivity index (χ3n) is 4.02. The van der Waals surface area contributed by atoms with Crippen LogP contribution in [0.3, 0.4) is 0 Å². The quantitative estimate of drug-likeness (QED) is 0.850. The van der Waals surface area contributed by atoms with Gasteiger partial charge in [-0.05, 0) is 38.4 Å². The fourth-order valence-corrected chi connectivity index (χ4v) is 3.97. The fourth-order valence-electron chi connectivity index (χ4n) is 2.69. The highest BCUT2D eigenvalue weighted by Crippen LogP contribution is 2.30. The first-order valence-corrected chi connectivity index (χ1v) is 8.41. The molecule has 1 aliphatic heterocycles. The Morgan fingerprint density at radius 3 is 2.85 bits per heavy atom. The molecule has 110 valence electrons. The lowest BCUT2D eigenvalue weighted by atomic mass is 10.1. The molecule has 20 heavy (non-hydrogen) atoms. The number of nitrogens with zero attached hydrogens (tertiary/aromatic N) is 1. The lowest BCUT2D eigenvalue weighted by Gasteiger charge is -2.25. The van der Waals surface area contributed by atoms with Gasteiger partial charge in [-0.15, -0.1) is 11.3 Å². The molecule has 0 bridgehead atoms. The van der Waals surface area contributed by atoms with Crippen molar-refractivity contribution < 1.29 is 9.53 Å². The molecule has 3 rings (SSSR count). The number of aryl methyl sites for hydroxylation is 1. The molecular formula is C14H20N2O2S2. The van der Waals surface area contributed by atoms with Gasteiger partial charge in [0.1, 0.15) is 0 Å². The third kappa shape index (κ3) is 3.30. The summed E-state index contributed by atoms with van der Waals surface area (Å²) in [5.41, 5.74) is 1.04. The number of rotatable bonds is 5. The van der Waals surface area contributed by atoms with Gasteiger partial charge in [0.15, 0.2) is 3.95 Å². The number of carbonyl (C=O) groups is 1. The summed E-state index contributed by atoms with van der Waals surface area (Å²) in [5.74, 6) is 0.762. The number of H-pyrrole nitrogens is 1. The zero-order valence-corrected chi connectivity index (χ0v) is 13.3. The second-order valence-corrected chi connectivity index (χ2v) is 7.52. The SMILES string of the molecule is Cc1[nH]c(=S)sc1CC(=O)N(C[C@H]1CCOC1)C1CC1. The predicted molar refractivity (Wildman–Crippen MR) is 81.6 cm³/mol. The molecule has 4 nitrogen and oxygen atoms in total. The first-order chi connectivity index (χ1) is 9.63. The third-order valence-corrected chi connectivity index (χ3v) is 5.36. The van der Waals surface area contributed by atoms with Crippen molar-refractivity contribution in [3.8, 4) is 0 Å². The maximum atomic E-state index is 12.6. The average molecular weight is 312 g/mol. The van der Waals surface area contributed by atoms with Crippen molar-refractivity contribution >= 4 is 29.5 Å². The monoisotopic (exact) mass is 312 g/mol. The highest BCUT2D eigenvalue weighted by molar-refractivity contribution is 7.73. The Kier molecular flexibility index (Phi) is 4.23. The minimum absolute atomic E-state index is 0.243. The highest BCUT2D eigenvalue weighted by Gasteiger charge is 2.34. The molecule has 0 radical (unpaired) electrons. The Morgan fingerprint density at radius 2 is 2.30 bits per heavy atom. The van der Waals surface area contributed by atoms with Crippen LogP contribution in [0.5, 0.6) is 0 Å². The van der Waals surface area contributed by atoms with E-state index in [4.69, 9.17) is 17.0 Å². The van der Waals surface area contributed by atoms with Gasteiger partial charge < -0.3 is 14.6 Å². The molecule has 6 heteroatoms. The van der Waals surface area contributed by atoms with Crippen LogP contribution in [0.2, 0.25) is 0 Å². The molecule has 1 atom stereocenters. The van der Waals surface area contributed by atoms with Crippen molar-refractivity contribution in [2.24, 2.45) is 5.92 Å². The van der Waals surface area contributed by atoms with Gasteiger partial charge in [-0.25, -0.2) is 0 Å². The lowest BCUT2D eigenvalue weighted by Crippen LogP contribution is -2.38. The smallest absolute Gasteiger partial charge is 0.228 e. The van der Waals surface area contributed by atoms with E-state index < -0.39 is 0 Å². The second-order valence-electron chi connectivity index (χ2n) is 5.75. The Balaban J connectivity index is 1.66. The normalized spacial score (nSPS) is 22.1. The largest absolute Gasteiger partial charge is 0.381 e. The summed E-state index contributed by atoms with van der Waals surface area (Å²) < 4.78 is 6.18. The van der Waals surface area contributed by atoms with Crippen molar-refractivity contribution in [2.75, 3.05) is 19.8 Å². The molecule has 1 N–H and O–H groups in total. The number of thiazole rings is 1. The fraction of sp³-hybridized carbons (Fsp3) is 0.714. The molecule has 1 aromatic rings. The summed E-state index contributed by atoms with van der Waals surface area (Å²) in [6, 6.07) is 0.468. The Labute approximate surface area is 128 Å². The molecule has 1 saturated heterocycles. The van der Waals surface area contributed by atoms with Crippen LogP contribution >= 0.6 is 23.6 Å². The number of amides is 1. The number of aromatic amines is 1. The zero-order valence-electron chi connectivity index (χ0n) is 11.7. The van der Waals surface area contributed by atoms with Crippen LogP contribution in [-0.2, 0) is 16.0 Å². The first kappa shape index (κ1) is 14.2. The van der Waals surface area contributed by atoms with E-state index in [1.165, 1.54) is 11.3 Å². The van der Waals surface area contributed by atoms with Crippen LogP contribution < -0.4 is 0 Å². The summed E-state index contributed by atoms with van der Waals surface area (Å²) in [6.07, 6.45) is 3.87. The molecule has 0 unspecified atom stereocenters. The molecule has 2 heterocycles. The van der Waals surface area contributed by atoms with E-state index >= 15 is 0 Å². The van der Waals surface area contributed by atoms with Gasteiger partial charge >= 0.3 is 0 Å². The summed E-state index contributed by atoms with van der Waals surface area (Å²) >= 11 is 6.66. The molecule has 1 saturated carbocycles. The lowest BCUT2D eigenvalue weighted by molar-refractivity contribution is -0.131. The number of hydrogen-bond donors (Lipinski definition) is 1. The van der Waals surface area contributed by atoms with E-state index in [9.17, 15) is 4.79 Å². The predicted octanol–water partition coefficient (Wildman–Crippen LogP) is 2.68. The Hall–Kier alpha value is -0.720. The molecule has 1 aliphatic carbocycles. The van der Waals surface area contributed by atoms with E-state index in [1.807, 2.05) is 6.92 Å². The van der Waals surface area contributed by atoms with Crippen LogP contribution in [0.25, 0.3) is 0 Å². The molecule has 0 spiro atoms. The van der Waals surface area contributed by atoms with Crippen LogP contribution in [0.4, 0.5) is 0 Å². The van der Waals surface area contributed by atoms with E-state index in [-0.39, 0.29) is 5.91 Å². The van der Waals surface area contributed by atoms with Crippen LogP contribution in [0.15, 0.2) is 0 Å². The minimum atomic E-state index is 0.243. The van der Waals surface area contributed by atoms with Crippen LogP contribution in [0, 0.1) is 16.8 Å². The van der Waals surface area contributed by atoms with Gasteiger partial charge in [-0.2, -0.15) is 0 Å². The standard InChI is InChI=1S/C14H20N2O2S2/c1-9-12(20-14(19)15-9)6-13(17)16(11-2-3-11)7-10-4-5-18-8-10/h10-11H,2-8H2,1H3,(H,15,19)/t10-/m1/s1. The van der Waals surface area contributed by atoms with E-state index in [1.54, 1.807) is 0 Å². The molecule has 2 aliphatic rings. The van der Waals surface area contributed by atoms with Crippen molar-refractivity contribution in [1.29, 1.82) is 0 Å². The van der Waals surface area contributed by atoms with Gasteiger partial charge in [-0.1, -0.05) is 0 Å². The maximum Gasteiger partial charge on any atom is 0.228 e. The molecule has 1 aromatic heterocycles. The number of hydrogen-bond acceptors (Lipinski definition) is 4. The molecule has 0 aromatic carbocycles. The minimum Gasteiger partial charge on any atom is -0.381 e. The Bertz CT molecular complexity index is 542. The number of nitrogens with one attached hydrogen (secondary N) is 1. The van der Waals surface area contributed by atoms with Gasteiger partial charge in [-0.3, -0.25) is 4.79 Å². The topological polar surface area (TPSA) is 45.3 Å². The highest BCUT2D eigenvalue weighted by atomic mass is 32.1. The molecule has 1 amide bonds. The zero-order chi connectivity index (χ0) is 14.1. The summed E-state index contributed by atoms with van der Waals surface area (Å²) in [4.78, 5) is 18.9.